The normalized spacial score (nSPS) is 27.9. The summed E-state index contributed by atoms with van der Waals surface area (Å²) in [6, 6.07) is 32.2. The van der Waals surface area contributed by atoms with Crippen LogP contribution in [0.4, 0.5) is 8.78 Å². The van der Waals surface area contributed by atoms with E-state index in [1.165, 1.54) is 14.7 Å². The van der Waals surface area contributed by atoms with Crippen molar-refractivity contribution >= 4 is 16.9 Å². The van der Waals surface area contributed by atoms with E-state index in [1.807, 2.05) is 0 Å². The quantitative estimate of drug-likeness (QED) is 0.241. The number of ether oxygens (including phenoxy) is 3. The van der Waals surface area contributed by atoms with Crippen LogP contribution in [0, 0.1) is 17.8 Å². The summed E-state index contributed by atoms with van der Waals surface area (Å²) < 4.78 is 43.5. The van der Waals surface area contributed by atoms with Gasteiger partial charge in [-0.25, -0.2) is 4.79 Å². The molecule has 2 atom stereocenters. The molecule has 40 heavy (non-hydrogen) atoms. The highest BCUT2D eigenvalue weighted by Crippen LogP contribution is 2.63. The molecule has 3 aromatic carbocycles. The van der Waals surface area contributed by atoms with Crippen LogP contribution >= 0.6 is 0 Å². The largest absolute Gasteiger partial charge is 0.455 e. The van der Waals surface area contributed by atoms with E-state index in [0.717, 1.165) is 12.8 Å². The highest BCUT2D eigenvalue weighted by atomic mass is 32.2. The minimum absolute atomic E-state index is 0.0146. The number of carbonyl (C=O) groups excluding carboxylic acids is 1. The number of hydrogen-bond donors (Lipinski definition) is 0. The van der Waals surface area contributed by atoms with Gasteiger partial charge in [-0.1, -0.05) is 54.6 Å². The predicted molar refractivity (Wildman–Crippen MR) is 149 cm³/mol. The molecule has 5 aliphatic rings. The van der Waals surface area contributed by atoms with Crippen molar-refractivity contribution in [2.24, 2.45) is 17.8 Å². The Bertz CT molecular complexity index is 1180. The van der Waals surface area contributed by atoms with Crippen LogP contribution in [0.3, 0.4) is 0 Å². The van der Waals surface area contributed by atoms with Crippen molar-refractivity contribution in [3.05, 3.63) is 91.0 Å². The van der Waals surface area contributed by atoms with Crippen LogP contribution in [0.15, 0.2) is 106 Å². The van der Waals surface area contributed by atoms with Gasteiger partial charge in [0.05, 0.1) is 24.1 Å². The predicted octanol–water partition coefficient (Wildman–Crippen LogP) is 7.29. The Hall–Kier alpha value is -2.74. The fourth-order valence-corrected chi connectivity index (χ4v) is 9.36. The summed E-state index contributed by atoms with van der Waals surface area (Å²) in [5, 5.41) is 0. The van der Waals surface area contributed by atoms with Crippen LogP contribution < -0.4 is 0 Å². The van der Waals surface area contributed by atoms with Crippen molar-refractivity contribution in [1.29, 1.82) is 0 Å². The second kappa shape index (κ2) is 10.9. The van der Waals surface area contributed by atoms with Gasteiger partial charge in [-0.2, -0.15) is 8.78 Å². The van der Waals surface area contributed by atoms with E-state index >= 15 is 0 Å². The molecule has 4 nitrogen and oxygen atoms in total. The maximum absolute atomic E-state index is 13.2. The number of alkyl halides is 2. The van der Waals surface area contributed by atoms with Crippen molar-refractivity contribution < 1.29 is 27.8 Å². The highest BCUT2D eigenvalue weighted by molar-refractivity contribution is 7.97. The van der Waals surface area contributed by atoms with E-state index < -0.39 is 23.3 Å². The molecule has 0 radical (unpaired) electrons. The van der Waals surface area contributed by atoms with E-state index in [4.69, 9.17) is 14.2 Å². The Balaban J connectivity index is 0.000000145. The molecule has 4 saturated carbocycles. The molecule has 1 spiro atoms. The summed E-state index contributed by atoms with van der Waals surface area (Å²) in [6.45, 7) is 1.79. The lowest BCUT2D eigenvalue weighted by atomic mass is 9.51. The maximum Gasteiger partial charge on any atom is 0.377 e. The zero-order valence-corrected chi connectivity index (χ0v) is 23.5. The minimum Gasteiger partial charge on any atom is -0.455 e. The Morgan fingerprint density at radius 2 is 1.20 bits per heavy atom. The van der Waals surface area contributed by atoms with Gasteiger partial charge in [0.15, 0.2) is 20.5 Å². The Labute approximate surface area is 237 Å². The van der Waals surface area contributed by atoms with Gasteiger partial charge >= 0.3 is 11.9 Å². The molecule has 7 heteroatoms. The first-order chi connectivity index (χ1) is 19.3. The number of rotatable bonds is 5. The van der Waals surface area contributed by atoms with Crippen molar-refractivity contribution in [2.45, 2.75) is 71.0 Å². The molecule has 4 bridgehead atoms. The van der Waals surface area contributed by atoms with Crippen LogP contribution in [0.2, 0.25) is 0 Å². The molecule has 1 heterocycles. The molecule has 4 aliphatic carbocycles. The lowest BCUT2D eigenvalue weighted by Crippen LogP contribution is -2.65. The van der Waals surface area contributed by atoms with E-state index in [2.05, 4.69) is 91.0 Å². The van der Waals surface area contributed by atoms with Gasteiger partial charge in [-0.3, -0.25) is 0 Å². The van der Waals surface area contributed by atoms with Crippen LogP contribution in [-0.2, 0) is 29.9 Å². The van der Waals surface area contributed by atoms with E-state index in [-0.39, 0.29) is 22.7 Å². The van der Waals surface area contributed by atoms with Gasteiger partial charge in [0, 0.05) is 18.8 Å². The third-order valence-electron chi connectivity index (χ3n) is 8.61. The summed E-state index contributed by atoms with van der Waals surface area (Å²) in [5.74, 6) is -4.62. The first kappa shape index (κ1) is 27.4. The molecule has 0 amide bonds. The average molecular weight is 566 g/mol. The van der Waals surface area contributed by atoms with Gasteiger partial charge in [-0.15, -0.1) is 0 Å². The topological polar surface area (TPSA) is 44.8 Å². The van der Waals surface area contributed by atoms with Crippen LogP contribution in [0.25, 0.3) is 0 Å². The molecular weight excluding hydrogens is 530 g/mol. The third-order valence-corrected chi connectivity index (χ3v) is 10.8. The summed E-state index contributed by atoms with van der Waals surface area (Å²) in [6.07, 6.45) is 3.85. The van der Waals surface area contributed by atoms with Gasteiger partial charge in [0.25, 0.3) is 0 Å². The standard InChI is InChI=1S/C18H15S.C15H20F2O4/c1-4-10-16(11-5-1)19(17-12-6-2-7-13-17)18-14-8-3-9-15-18;1-13(16,17)12(18)21-14-6-9-4-10(7-14)15(11(5-9)8-14)19-2-3-20-15/h1-15H;9-11H,2-8H2,1H3/q+1;. The lowest BCUT2D eigenvalue weighted by molar-refractivity contribution is -0.316. The Morgan fingerprint density at radius 3 is 1.60 bits per heavy atom. The van der Waals surface area contributed by atoms with Gasteiger partial charge < -0.3 is 14.2 Å². The maximum atomic E-state index is 13.2. The molecule has 0 N–H and O–H groups in total. The zero-order chi connectivity index (χ0) is 27.8. The minimum atomic E-state index is -3.43. The van der Waals surface area contributed by atoms with E-state index in [9.17, 15) is 13.6 Å². The molecule has 2 unspecified atom stereocenters. The molecule has 1 saturated heterocycles. The SMILES string of the molecule is CC(F)(F)C(=O)OC12CC3CC(C1)C1(OCCO1)C(C3)C2.c1ccc([S+](c2ccccc2)c2ccccc2)cc1. The fraction of sp³-hybridized carbons (Fsp3) is 0.424. The van der Waals surface area contributed by atoms with Crippen molar-refractivity contribution in [3.8, 4) is 0 Å². The first-order valence-corrected chi connectivity index (χ1v) is 15.3. The number of halogens is 2. The van der Waals surface area contributed by atoms with Crippen molar-refractivity contribution in [1.82, 2.24) is 0 Å². The van der Waals surface area contributed by atoms with Gasteiger partial charge in [-0.05, 0) is 74.4 Å². The Kier molecular flexibility index (Phi) is 7.49. The van der Waals surface area contributed by atoms with Gasteiger partial charge in [0.2, 0.25) is 0 Å². The number of carbonyl (C=O) groups is 1. The number of esters is 1. The molecule has 0 aromatic heterocycles. The Morgan fingerprint density at radius 1 is 0.775 bits per heavy atom. The van der Waals surface area contributed by atoms with Gasteiger partial charge in [0.1, 0.15) is 5.60 Å². The average Bonchev–Trinajstić information content (AvgIpc) is 3.44. The lowest BCUT2D eigenvalue weighted by Gasteiger charge is -2.62. The summed E-state index contributed by atoms with van der Waals surface area (Å²) >= 11 is 0. The second-order valence-electron chi connectivity index (χ2n) is 11.5. The smallest absolute Gasteiger partial charge is 0.377 e. The fourth-order valence-electron chi connectivity index (χ4n) is 7.26. The van der Waals surface area contributed by atoms with Crippen molar-refractivity contribution in [3.63, 3.8) is 0 Å². The molecular formula is C33H35F2O4S+. The number of benzene rings is 3. The van der Waals surface area contributed by atoms with Crippen LogP contribution in [0.1, 0.15) is 39.0 Å². The molecule has 5 fully saturated rings. The highest BCUT2D eigenvalue weighted by Gasteiger charge is 2.66. The van der Waals surface area contributed by atoms with Crippen LogP contribution in [-0.4, -0.2) is 36.5 Å². The summed E-state index contributed by atoms with van der Waals surface area (Å²) in [4.78, 5) is 15.7. The number of hydrogen-bond acceptors (Lipinski definition) is 4. The first-order valence-electron chi connectivity index (χ1n) is 14.1. The van der Waals surface area contributed by atoms with E-state index in [1.54, 1.807) is 0 Å². The van der Waals surface area contributed by atoms with E-state index in [0.29, 0.717) is 45.3 Å². The second-order valence-corrected chi connectivity index (χ2v) is 13.5. The van der Waals surface area contributed by atoms with Crippen LogP contribution in [0.5, 0.6) is 0 Å². The third kappa shape index (κ3) is 5.31. The monoisotopic (exact) mass is 565 g/mol. The molecule has 8 rings (SSSR count). The van der Waals surface area contributed by atoms with Crippen molar-refractivity contribution in [2.75, 3.05) is 13.2 Å². The molecule has 3 aromatic rings. The zero-order valence-electron chi connectivity index (χ0n) is 22.6. The molecule has 210 valence electrons. The summed E-state index contributed by atoms with van der Waals surface area (Å²) in [5.41, 5.74) is -0.729. The molecule has 1 aliphatic heterocycles. The summed E-state index contributed by atoms with van der Waals surface area (Å²) in [7, 11) is -0.0146.